The van der Waals surface area contributed by atoms with E-state index < -0.39 is 0 Å². The topological polar surface area (TPSA) is 45.8 Å². The lowest BCUT2D eigenvalue weighted by Crippen LogP contribution is -2.00. The minimum absolute atomic E-state index is 0. The molecule has 1 N–H and O–H groups in total. The minimum Gasteiger partial charge on any atom is -0.287 e. The fourth-order valence-corrected chi connectivity index (χ4v) is 0.527. The quantitative estimate of drug-likeness (QED) is 0.755. The number of nitrogens with one attached hydrogen (secondary N) is 1. The molecule has 1 aromatic rings. The molecule has 0 radical (unpaired) electrons. The average Bonchev–Trinajstić information content (AvgIpc) is 1.77. The van der Waals surface area contributed by atoms with E-state index in [1.807, 2.05) is 0 Å². The first-order valence-corrected chi connectivity index (χ1v) is 2.78. The maximum Gasteiger partial charge on any atom is 0.214 e. The average molecular weight is 256 g/mol. The van der Waals surface area contributed by atoms with Gasteiger partial charge in [0.1, 0.15) is 0 Å². The van der Waals surface area contributed by atoms with E-state index in [0.717, 1.165) is 0 Å². The molecule has 0 bridgehead atoms. The normalized spacial score (nSPS) is 8.11. The van der Waals surface area contributed by atoms with Gasteiger partial charge in [0.15, 0.2) is 0 Å². The molecule has 9 heavy (non-hydrogen) atoms. The lowest BCUT2D eigenvalue weighted by atomic mass is 10.6. The molecule has 1 aromatic heterocycles. The second-order valence-corrected chi connectivity index (χ2v) is 2.10. The Kier molecular flexibility index (Phi) is 3.72. The number of aromatic amines is 1. The van der Waals surface area contributed by atoms with Gasteiger partial charge in [-0.15, -0.1) is 17.0 Å². The molecule has 0 unspecified atom stereocenters. The maximum absolute atomic E-state index is 10.5. The van der Waals surface area contributed by atoms with Crippen LogP contribution in [0.1, 0.15) is 0 Å². The SMILES string of the molecule is Br.O=c1cn[nH]cc1Br. The summed E-state index contributed by atoms with van der Waals surface area (Å²) in [6, 6.07) is 0. The smallest absolute Gasteiger partial charge is 0.214 e. The van der Waals surface area contributed by atoms with Crippen LogP contribution in [0, 0.1) is 0 Å². The predicted molar refractivity (Wildman–Crippen MR) is 42.9 cm³/mol. The zero-order valence-corrected chi connectivity index (χ0v) is 7.60. The van der Waals surface area contributed by atoms with Gasteiger partial charge < -0.3 is 0 Å². The van der Waals surface area contributed by atoms with Gasteiger partial charge in [-0.05, 0) is 15.9 Å². The molecule has 0 aliphatic carbocycles. The highest BCUT2D eigenvalue weighted by molar-refractivity contribution is 9.10. The Bertz CT molecular complexity index is 234. The van der Waals surface area contributed by atoms with Crippen LogP contribution >= 0.6 is 32.9 Å². The van der Waals surface area contributed by atoms with Crippen LogP contribution in [-0.2, 0) is 0 Å². The Morgan fingerprint density at radius 3 is 2.67 bits per heavy atom. The summed E-state index contributed by atoms with van der Waals surface area (Å²) in [4.78, 5) is 10.5. The summed E-state index contributed by atoms with van der Waals surface area (Å²) in [6.45, 7) is 0. The Labute approximate surface area is 70.4 Å². The largest absolute Gasteiger partial charge is 0.287 e. The third kappa shape index (κ3) is 2.28. The number of hydrogen-bond donors (Lipinski definition) is 1. The molecule has 0 saturated heterocycles. The van der Waals surface area contributed by atoms with Crippen LogP contribution in [0.3, 0.4) is 0 Å². The van der Waals surface area contributed by atoms with Crippen LogP contribution in [0.2, 0.25) is 0 Å². The highest BCUT2D eigenvalue weighted by Crippen LogP contribution is 1.94. The second-order valence-electron chi connectivity index (χ2n) is 1.24. The van der Waals surface area contributed by atoms with E-state index in [1.54, 1.807) is 0 Å². The second kappa shape index (κ2) is 3.79. The summed E-state index contributed by atoms with van der Waals surface area (Å²) in [5.74, 6) is 0. The fourth-order valence-electron chi connectivity index (χ4n) is 0.323. The van der Waals surface area contributed by atoms with Crippen LogP contribution in [0.15, 0.2) is 21.7 Å². The van der Waals surface area contributed by atoms with Gasteiger partial charge in [0.25, 0.3) is 0 Å². The van der Waals surface area contributed by atoms with Crippen LogP contribution in [0.4, 0.5) is 0 Å². The molecule has 0 atom stereocenters. The van der Waals surface area contributed by atoms with E-state index in [9.17, 15) is 4.79 Å². The van der Waals surface area contributed by atoms with Gasteiger partial charge in [0, 0.05) is 6.20 Å². The van der Waals surface area contributed by atoms with Crippen molar-refractivity contribution in [2.45, 2.75) is 0 Å². The van der Waals surface area contributed by atoms with Crippen LogP contribution in [-0.4, -0.2) is 10.2 Å². The molecule has 0 spiro atoms. The summed E-state index contributed by atoms with van der Waals surface area (Å²) in [7, 11) is 0. The van der Waals surface area contributed by atoms with Crippen LogP contribution in [0.5, 0.6) is 0 Å². The van der Waals surface area contributed by atoms with Gasteiger partial charge in [0.05, 0.1) is 10.7 Å². The highest BCUT2D eigenvalue weighted by atomic mass is 79.9. The van der Waals surface area contributed by atoms with Crippen molar-refractivity contribution >= 4 is 32.9 Å². The molecule has 5 heteroatoms. The molecular formula is C4H4Br2N2O. The molecule has 0 aliphatic heterocycles. The Hall–Kier alpha value is -0.160. The van der Waals surface area contributed by atoms with E-state index in [-0.39, 0.29) is 22.4 Å². The lowest BCUT2D eigenvalue weighted by Gasteiger charge is -1.81. The number of hydrogen-bond acceptors (Lipinski definition) is 2. The van der Waals surface area contributed by atoms with Crippen LogP contribution < -0.4 is 5.43 Å². The first-order chi connectivity index (χ1) is 3.80. The van der Waals surface area contributed by atoms with Crippen molar-refractivity contribution < 1.29 is 0 Å². The molecule has 0 fully saturated rings. The molecule has 1 rings (SSSR count). The van der Waals surface area contributed by atoms with Crippen LogP contribution in [0.25, 0.3) is 0 Å². The Balaban J connectivity index is 0.000000640. The van der Waals surface area contributed by atoms with E-state index in [4.69, 9.17) is 0 Å². The molecular weight excluding hydrogens is 252 g/mol. The zero-order chi connectivity index (χ0) is 5.98. The first-order valence-electron chi connectivity index (χ1n) is 1.99. The first kappa shape index (κ1) is 8.84. The standard InChI is InChI=1S/C4H3BrN2O.BrH/c5-3-1-6-7-2-4(3)8;/h1-2H,(H,6,8);1H. The summed E-state index contributed by atoms with van der Waals surface area (Å²) < 4.78 is 0.507. The molecule has 0 aliphatic rings. The zero-order valence-electron chi connectivity index (χ0n) is 4.30. The lowest BCUT2D eigenvalue weighted by molar-refractivity contribution is 1.01. The van der Waals surface area contributed by atoms with Gasteiger partial charge in [-0.3, -0.25) is 9.89 Å². The number of aromatic nitrogens is 2. The van der Waals surface area contributed by atoms with Gasteiger partial charge in [0.2, 0.25) is 5.43 Å². The third-order valence-electron chi connectivity index (χ3n) is 0.683. The molecule has 50 valence electrons. The van der Waals surface area contributed by atoms with Gasteiger partial charge in [-0.1, -0.05) is 0 Å². The summed E-state index contributed by atoms with van der Waals surface area (Å²) in [5, 5.41) is 5.98. The Morgan fingerprint density at radius 2 is 2.33 bits per heavy atom. The molecule has 1 heterocycles. The van der Waals surface area contributed by atoms with Crippen molar-refractivity contribution in [3.05, 3.63) is 27.1 Å². The highest BCUT2D eigenvalue weighted by Gasteiger charge is 1.87. The summed E-state index contributed by atoms with van der Waals surface area (Å²) in [6.07, 6.45) is 2.70. The van der Waals surface area contributed by atoms with Crippen molar-refractivity contribution in [1.29, 1.82) is 0 Å². The number of halogens is 2. The summed E-state index contributed by atoms with van der Waals surface area (Å²) in [5.41, 5.74) is -0.108. The molecule has 0 aromatic carbocycles. The van der Waals surface area contributed by atoms with Gasteiger partial charge in [-0.25, -0.2) is 0 Å². The van der Waals surface area contributed by atoms with Gasteiger partial charge in [-0.2, -0.15) is 5.10 Å². The third-order valence-corrected chi connectivity index (χ3v) is 1.30. The summed E-state index contributed by atoms with van der Waals surface area (Å²) >= 11 is 3.01. The number of rotatable bonds is 0. The molecule has 0 saturated carbocycles. The van der Waals surface area contributed by atoms with E-state index in [1.165, 1.54) is 12.4 Å². The van der Waals surface area contributed by atoms with Gasteiger partial charge >= 0.3 is 0 Å². The number of H-pyrrole nitrogens is 1. The maximum atomic E-state index is 10.5. The minimum atomic E-state index is -0.108. The van der Waals surface area contributed by atoms with Crippen molar-refractivity contribution in [2.24, 2.45) is 0 Å². The van der Waals surface area contributed by atoms with Crippen molar-refractivity contribution in [2.75, 3.05) is 0 Å². The van der Waals surface area contributed by atoms with E-state index in [0.29, 0.717) is 4.47 Å². The fraction of sp³-hybridized carbons (Fsp3) is 0. The van der Waals surface area contributed by atoms with Crippen molar-refractivity contribution in [1.82, 2.24) is 10.2 Å². The molecule has 0 amide bonds. The van der Waals surface area contributed by atoms with Crippen molar-refractivity contribution in [3.63, 3.8) is 0 Å². The van der Waals surface area contributed by atoms with Crippen molar-refractivity contribution in [3.8, 4) is 0 Å². The van der Waals surface area contributed by atoms with E-state index >= 15 is 0 Å². The monoisotopic (exact) mass is 254 g/mol. The predicted octanol–water partition coefficient (Wildman–Crippen LogP) is 1.11. The molecule has 3 nitrogen and oxygen atoms in total. The van der Waals surface area contributed by atoms with E-state index in [2.05, 4.69) is 26.1 Å². The number of nitrogens with zero attached hydrogens (tertiary/aromatic N) is 1. The Morgan fingerprint density at radius 1 is 1.67 bits per heavy atom.